The maximum atomic E-state index is 12.3. The fraction of sp³-hybridized carbons (Fsp3) is 0.304. The van der Waals surface area contributed by atoms with Crippen LogP contribution < -0.4 is 10.8 Å². The molecule has 0 saturated heterocycles. The Labute approximate surface area is 175 Å². The largest absolute Gasteiger partial charge is 0.456 e. The molecule has 0 aliphatic heterocycles. The summed E-state index contributed by atoms with van der Waals surface area (Å²) in [5.41, 5.74) is 4.61. The molecule has 2 amide bonds. The molecule has 7 heteroatoms. The van der Waals surface area contributed by atoms with Gasteiger partial charge >= 0.3 is 0 Å². The zero-order valence-corrected chi connectivity index (χ0v) is 17.4. The Morgan fingerprint density at radius 3 is 2.50 bits per heavy atom. The molecule has 0 spiro atoms. The fourth-order valence-corrected chi connectivity index (χ4v) is 2.74. The Bertz CT molecular complexity index is 975. The highest BCUT2D eigenvalue weighted by molar-refractivity contribution is 5.94. The summed E-state index contributed by atoms with van der Waals surface area (Å²) < 4.78 is 10.9. The third-order valence-corrected chi connectivity index (χ3v) is 4.63. The first kappa shape index (κ1) is 21.5. The summed E-state index contributed by atoms with van der Waals surface area (Å²) >= 11 is 0. The number of nitrogens with one attached hydrogen (secondary N) is 2. The minimum Gasteiger partial charge on any atom is -0.456 e. The number of hydrogen-bond donors (Lipinski definition) is 2. The summed E-state index contributed by atoms with van der Waals surface area (Å²) in [4.78, 5) is 29.2. The molecule has 7 nitrogen and oxygen atoms in total. The van der Waals surface area contributed by atoms with Crippen molar-refractivity contribution in [1.29, 1.82) is 0 Å². The van der Waals surface area contributed by atoms with Crippen LogP contribution in [0.2, 0.25) is 0 Å². The summed E-state index contributed by atoms with van der Waals surface area (Å²) in [6.07, 6.45) is 0.719. The monoisotopic (exact) mass is 410 g/mol. The highest BCUT2D eigenvalue weighted by Crippen LogP contribution is 2.27. The zero-order valence-electron chi connectivity index (χ0n) is 17.4. The number of hydroxylamine groups is 1. The third kappa shape index (κ3) is 5.68. The van der Waals surface area contributed by atoms with Gasteiger partial charge in [0.1, 0.15) is 11.3 Å². The van der Waals surface area contributed by atoms with Gasteiger partial charge in [0.2, 0.25) is 5.91 Å². The number of amides is 2. The van der Waals surface area contributed by atoms with Gasteiger partial charge in [-0.05, 0) is 44.5 Å². The normalized spacial score (nSPS) is 11.4. The van der Waals surface area contributed by atoms with E-state index >= 15 is 0 Å². The second-order valence-electron chi connectivity index (χ2n) is 7.32. The van der Waals surface area contributed by atoms with Crippen molar-refractivity contribution in [1.82, 2.24) is 10.8 Å². The Morgan fingerprint density at radius 2 is 1.80 bits per heavy atom. The van der Waals surface area contributed by atoms with Crippen LogP contribution in [0.1, 0.15) is 37.0 Å². The van der Waals surface area contributed by atoms with Crippen molar-refractivity contribution < 1.29 is 23.6 Å². The van der Waals surface area contributed by atoms with Crippen molar-refractivity contribution in [3.8, 4) is 11.3 Å². The molecule has 0 fully saturated rings. The van der Waals surface area contributed by atoms with Gasteiger partial charge in [-0.3, -0.25) is 9.59 Å². The van der Waals surface area contributed by atoms with E-state index in [9.17, 15) is 9.59 Å². The SMILES string of the molecule is COC(C)(C)ONC(=O)CCCNC(=O)c1ccc(-c2cc3ccccc3o2)cc1. The van der Waals surface area contributed by atoms with Crippen LogP contribution in [0, 0.1) is 0 Å². The Morgan fingerprint density at radius 1 is 1.07 bits per heavy atom. The number of benzene rings is 2. The minimum absolute atomic E-state index is 0.191. The first-order valence-corrected chi connectivity index (χ1v) is 9.77. The van der Waals surface area contributed by atoms with Gasteiger partial charge in [0.15, 0.2) is 5.79 Å². The van der Waals surface area contributed by atoms with Crippen LogP contribution in [0.5, 0.6) is 0 Å². The first-order chi connectivity index (χ1) is 14.4. The van der Waals surface area contributed by atoms with E-state index in [1.165, 1.54) is 7.11 Å². The number of hydrogen-bond acceptors (Lipinski definition) is 5. The third-order valence-electron chi connectivity index (χ3n) is 4.63. The average molecular weight is 410 g/mol. The molecule has 0 bridgehead atoms. The lowest BCUT2D eigenvalue weighted by atomic mass is 10.1. The van der Waals surface area contributed by atoms with Crippen molar-refractivity contribution >= 4 is 22.8 Å². The van der Waals surface area contributed by atoms with Crippen molar-refractivity contribution in [3.63, 3.8) is 0 Å². The summed E-state index contributed by atoms with van der Waals surface area (Å²) in [6, 6.07) is 17.0. The number of methoxy groups -OCH3 is 1. The van der Waals surface area contributed by atoms with E-state index in [4.69, 9.17) is 14.0 Å². The molecule has 158 valence electrons. The van der Waals surface area contributed by atoms with E-state index in [-0.39, 0.29) is 18.2 Å². The van der Waals surface area contributed by atoms with Gasteiger partial charge in [0.25, 0.3) is 5.91 Å². The number of ether oxygens (including phenoxy) is 1. The maximum Gasteiger partial charge on any atom is 0.251 e. The van der Waals surface area contributed by atoms with Gasteiger partial charge in [-0.15, -0.1) is 0 Å². The molecule has 0 atom stereocenters. The quantitative estimate of drug-likeness (QED) is 0.316. The van der Waals surface area contributed by atoms with E-state index in [2.05, 4.69) is 10.8 Å². The number of rotatable bonds is 9. The van der Waals surface area contributed by atoms with Crippen molar-refractivity contribution in [3.05, 3.63) is 60.2 Å². The smallest absolute Gasteiger partial charge is 0.251 e. The average Bonchev–Trinajstić information content (AvgIpc) is 3.19. The second-order valence-corrected chi connectivity index (χ2v) is 7.32. The summed E-state index contributed by atoms with van der Waals surface area (Å²) in [5.74, 6) is -0.598. The topological polar surface area (TPSA) is 89.8 Å². The number of carbonyl (C=O) groups is 2. The van der Waals surface area contributed by atoms with E-state index in [0.717, 1.165) is 22.3 Å². The number of furan rings is 1. The standard InChI is InChI=1S/C23H26N2O5/c1-23(2,28-3)30-25-21(26)9-6-14-24-22(27)17-12-10-16(11-13-17)20-15-18-7-4-5-8-19(18)29-20/h4-5,7-8,10-13,15H,6,9,14H2,1-3H3,(H,24,27)(H,25,26). The van der Waals surface area contributed by atoms with Crippen LogP contribution in [0.3, 0.4) is 0 Å². The molecule has 3 rings (SSSR count). The molecule has 0 aliphatic rings. The molecular formula is C23H26N2O5. The van der Waals surface area contributed by atoms with Crippen LogP contribution in [0.15, 0.2) is 59.0 Å². The highest BCUT2D eigenvalue weighted by atomic mass is 16.8. The first-order valence-electron chi connectivity index (χ1n) is 9.77. The predicted molar refractivity (Wildman–Crippen MR) is 114 cm³/mol. The molecule has 0 aliphatic carbocycles. The molecular weight excluding hydrogens is 384 g/mol. The molecule has 0 saturated carbocycles. The van der Waals surface area contributed by atoms with Crippen LogP contribution in [0.25, 0.3) is 22.3 Å². The van der Waals surface area contributed by atoms with Crippen molar-refractivity contribution in [2.75, 3.05) is 13.7 Å². The summed E-state index contributed by atoms with van der Waals surface area (Å²) in [7, 11) is 1.49. The predicted octanol–water partition coefficient (Wildman–Crippen LogP) is 4.04. The summed E-state index contributed by atoms with van der Waals surface area (Å²) in [6.45, 7) is 3.76. The van der Waals surface area contributed by atoms with Gasteiger partial charge < -0.3 is 14.5 Å². The maximum absolute atomic E-state index is 12.3. The molecule has 0 unspecified atom stereocenters. The lowest BCUT2D eigenvalue weighted by Crippen LogP contribution is -2.37. The molecule has 1 heterocycles. The van der Waals surface area contributed by atoms with Crippen LogP contribution in [-0.4, -0.2) is 31.3 Å². The van der Waals surface area contributed by atoms with Gasteiger partial charge in [-0.2, -0.15) is 0 Å². The van der Waals surface area contributed by atoms with Gasteiger partial charge in [-0.25, -0.2) is 10.3 Å². The van der Waals surface area contributed by atoms with Crippen LogP contribution in [0.4, 0.5) is 0 Å². The van der Waals surface area contributed by atoms with Gasteiger partial charge in [0, 0.05) is 36.6 Å². The van der Waals surface area contributed by atoms with E-state index in [1.54, 1.807) is 26.0 Å². The lowest BCUT2D eigenvalue weighted by Gasteiger charge is -2.22. The molecule has 2 aromatic carbocycles. The molecule has 30 heavy (non-hydrogen) atoms. The summed E-state index contributed by atoms with van der Waals surface area (Å²) in [5, 5.41) is 3.85. The van der Waals surface area contributed by atoms with E-state index in [1.807, 2.05) is 42.5 Å². The Kier molecular flexibility index (Phi) is 6.87. The minimum atomic E-state index is -0.890. The molecule has 0 radical (unpaired) electrons. The molecule has 2 N–H and O–H groups in total. The molecule has 1 aromatic heterocycles. The Hall–Kier alpha value is -3.16. The van der Waals surface area contributed by atoms with Gasteiger partial charge in [-0.1, -0.05) is 30.3 Å². The number of carbonyl (C=O) groups excluding carboxylic acids is 2. The highest BCUT2D eigenvalue weighted by Gasteiger charge is 2.18. The number of para-hydroxylation sites is 1. The van der Waals surface area contributed by atoms with Crippen molar-refractivity contribution in [2.45, 2.75) is 32.5 Å². The van der Waals surface area contributed by atoms with E-state index < -0.39 is 5.79 Å². The zero-order chi connectivity index (χ0) is 21.6. The van der Waals surface area contributed by atoms with Crippen LogP contribution in [-0.2, 0) is 14.4 Å². The van der Waals surface area contributed by atoms with Gasteiger partial charge in [0.05, 0.1) is 0 Å². The van der Waals surface area contributed by atoms with Crippen molar-refractivity contribution in [2.24, 2.45) is 0 Å². The lowest BCUT2D eigenvalue weighted by molar-refractivity contribution is -0.231. The fourth-order valence-electron chi connectivity index (χ4n) is 2.74. The number of fused-ring (bicyclic) bond motifs is 1. The van der Waals surface area contributed by atoms with E-state index in [0.29, 0.717) is 18.5 Å². The molecule has 3 aromatic rings. The Balaban J connectivity index is 1.45. The van der Waals surface area contributed by atoms with Crippen LogP contribution >= 0.6 is 0 Å². The second kappa shape index (κ2) is 9.56.